The van der Waals surface area contributed by atoms with E-state index >= 15 is 0 Å². The lowest BCUT2D eigenvalue weighted by molar-refractivity contribution is -0.131. The fourth-order valence-corrected chi connectivity index (χ4v) is 1.89. The van der Waals surface area contributed by atoms with Gasteiger partial charge in [-0.3, -0.25) is 4.79 Å². The van der Waals surface area contributed by atoms with Crippen LogP contribution in [0.4, 0.5) is 0 Å². The lowest BCUT2D eigenvalue weighted by Crippen LogP contribution is -2.35. The van der Waals surface area contributed by atoms with E-state index in [0.717, 1.165) is 39.0 Å². The number of nitrogens with zero attached hydrogens (tertiary/aromatic N) is 2. The number of carbonyl (C=O) groups is 1. The van der Waals surface area contributed by atoms with Crippen LogP contribution in [0, 0.1) is 0 Å². The molecule has 0 bridgehead atoms. The van der Waals surface area contributed by atoms with Crippen molar-refractivity contribution in [1.29, 1.82) is 0 Å². The van der Waals surface area contributed by atoms with E-state index in [1.54, 1.807) is 0 Å². The highest BCUT2D eigenvalue weighted by Gasteiger charge is 2.11. The van der Waals surface area contributed by atoms with E-state index in [1.807, 2.05) is 4.90 Å². The van der Waals surface area contributed by atoms with Gasteiger partial charge in [0.1, 0.15) is 0 Å². The molecule has 0 saturated carbocycles. The molecule has 0 rings (SSSR count). The molecule has 3 heteroatoms. The Morgan fingerprint density at radius 3 is 1.94 bits per heavy atom. The molecule has 0 fully saturated rings. The Labute approximate surface area is 107 Å². The number of hydrogen-bond acceptors (Lipinski definition) is 2. The minimum atomic E-state index is 0.317. The van der Waals surface area contributed by atoms with Gasteiger partial charge >= 0.3 is 0 Å². The molecule has 0 saturated heterocycles. The molecule has 0 aliphatic heterocycles. The third-order valence-electron chi connectivity index (χ3n) is 2.94. The van der Waals surface area contributed by atoms with Crippen molar-refractivity contribution in [2.45, 2.75) is 52.9 Å². The Bertz CT molecular complexity index is 189. The standard InChI is InChI=1S/C14H30N2O/c1-5-8-12-15(4)13-9-14(17)16(10-6-2)11-7-3/h5-13H2,1-4H3. The maximum absolute atomic E-state index is 12.0. The summed E-state index contributed by atoms with van der Waals surface area (Å²) in [5.41, 5.74) is 0. The summed E-state index contributed by atoms with van der Waals surface area (Å²) in [6.45, 7) is 10.3. The molecule has 0 aromatic carbocycles. The summed E-state index contributed by atoms with van der Waals surface area (Å²) in [4.78, 5) is 16.3. The Hall–Kier alpha value is -0.570. The maximum atomic E-state index is 12.0. The van der Waals surface area contributed by atoms with Gasteiger partial charge in [0.15, 0.2) is 0 Å². The lowest BCUT2D eigenvalue weighted by atomic mass is 10.2. The number of hydrogen-bond donors (Lipinski definition) is 0. The predicted molar refractivity (Wildman–Crippen MR) is 74.2 cm³/mol. The van der Waals surface area contributed by atoms with Crippen molar-refractivity contribution in [2.75, 3.05) is 33.2 Å². The second-order valence-electron chi connectivity index (χ2n) is 4.79. The summed E-state index contributed by atoms with van der Waals surface area (Å²) in [5, 5.41) is 0. The molecule has 0 aromatic heterocycles. The van der Waals surface area contributed by atoms with Crippen molar-refractivity contribution in [1.82, 2.24) is 9.80 Å². The van der Waals surface area contributed by atoms with Crippen LogP contribution in [-0.4, -0.2) is 48.9 Å². The Morgan fingerprint density at radius 2 is 1.47 bits per heavy atom. The zero-order chi connectivity index (χ0) is 13.1. The predicted octanol–water partition coefficient (Wildman–Crippen LogP) is 2.76. The van der Waals surface area contributed by atoms with E-state index in [2.05, 4.69) is 32.7 Å². The third kappa shape index (κ3) is 8.19. The number of unbranched alkanes of at least 4 members (excludes halogenated alkanes) is 1. The van der Waals surface area contributed by atoms with Gasteiger partial charge in [0, 0.05) is 26.1 Å². The summed E-state index contributed by atoms with van der Waals surface area (Å²) in [6, 6.07) is 0. The molecule has 0 aliphatic carbocycles. The maximum Gasteiger partial charge on any atom is 0.223 e. The van der Waals surface area contributed by atoms with Gasteiger partial charge < -0.3 is 9.80 Å². The molecule has 0 spiro atoms. The van der Waals surface area contributed by atoms with E-state index in [4.69, 9.17) is 0 Å². The highest BCUT2D eigenvalue weighted by molar-refractivity contribution is 5.76. The molecule has 0 heterocycles. The summed E-state index contributed by atoms with van der Waals surface area (Å²) in [7, 11) is 2.10. The normalized spacial score (nSPS) is 10.9. The first kappa shape index (κ1) is 16.4. The van der Waals surface area contributed by atoms with Crippen molar-refractivity contribution in [3.8, 4) is 0 Å². The summed E-state index contributed by atoms with van der Waals surface area (Å²) in [6.07, 6.45) is 5.21. The Kier molecular flexibility index (Phi) is 10.2. The molecule has 1 amide bonds. The van der Waals surface area contributed by atoms with Crippen LogP contribution in [0.3, 0.4) is 0 Å². The van der Waals surface area contributed by atoms with Gasteiger partial charge in [-0.25, -0.2) is 0 Å². The third-order valence-corrected chi connectivity index (χ3v) is 2.94. The van der Waals surface area contributed by atoms with Crippen LogP contribution in [0.2, 0.25) is 0 Å². The highest BCUT2D eigenvalue weighted by atomic mass is 16.2. The average Bonchev–Trinajstić information content (AvgIpc) is 2.33. The molecule has 0 radical (unpaired) electrons. The van der Waals surface area contributed by atoms with Crippen LogP contribution < -0.4 is 0 Å². The number of carbonyl (C=O) groups excluding carboxylic acids is 1. The fourth-order valence-electron chi connectivity index (χ4n) is 1.89. The van der Waals surface area contributed by atoms with Gasteiger partial charge in [0.25, 0.3) is 0 Å². The van der Waals surface area contributed by atoms with Crippen LogP contribution in [0.1, 0.15) is 52.9 Å². The van der Waals surface area contributed by atoms with Crippen LogP contribution in [-0.2, 0) is 4.79 Å². The van der Waals surface area contributed by atoms with E-state index < -0.39 is 0 Å². The lowest BCUT2D eigenvalue weighted by Gasteiger charge is -2.23. The molecule has 0 aromatic rings. The first-order valence-electron chi connectivity index (χ1n) is 7.11. The topological polar surface area (TPSA) is 23.6 Å². The average molecular weight is 242 g/mol. The Morgan fingerprint density at radius 1 is 0.882 bits per heavy atom. The van der Waals surface area contributed by atoms with Crippen LogP contribution in [0.5, 0.6) is 0 Å². The van der Waals surface area contributed by atoms with E-state index in [9.17, 15) is 4.79 Å². The quantitative estimate of drug-likeness (QED) is 0.588. The molecule has 17 heavy (non-hydrogen) atoms. The minimum Gasteiger partial charge on any atom is -0.343 e. The van der Waals surface area contributed by atoms with E-state index in [0.29, 0.717) is 12.3 Å². The smallest absolute Gasteiger partial charge is 0.223 e. The monoisotopic (exact) mass is 242 g/mol. The minimum absolute atomic E-state index is 0.317. The van der Waals surface area contributed by atoms with Gasteiger partial charge in [-0.1, -0.05) is 27.2 Å². The van der Waals surface area contributed by atoms with Gasteiger partial charge in [-0.15, -0.1) is 0 Å². The molecule has 0 atom stereocenters. The number of rotatable bonds is 10. The first-order valence-corrected chi connectivity index (χ1v) is 7.11. The molecular formula is C14H30N2O. The summed E-state index contributed by atoms with van der Waals surface area (Å²) in [5.74, 6) is 0.317. The molecule has 102 valence electrons. The van der Waals surface area contributed by atoms with Crippen molar-refractivity contribution in [3.05, 3.63) is 0 Å². The summed E-state index contributed by atoms with van der Waals surface area (Å²) >= 11 is 0. The number of amides is 1. The van der Waals surface area contributed by atoms with Crippen molar-refractivity contribution in [2.24, 2.45) is 0 Å². The first-order chi connectivity index (χ1) is 8.15. The van der Waals surface area contributed by atoms with E-state index in [-0.39, 0.29) is 0 Å². The van der Waals surface area contributed by atoms with Crippen molar-refractivity contribution >= 4 is 5.91 Å². The highest BCUT2D eigenvalue weighted by Crippen LogP contribution is 2.00. The second kappa shape index (κ2) is 10.6. The van der Waals surface area contributed by atoms with Gasteiger partial charge in [-0.05, 0) is 32.9 Å². The largest absolute Gasteiger partial charge is 0.343 e. The molecule has 0 N–H and O–H groups in total. The zero-order valence-electron chi connectivity index (χ0n) is 12.2. The van der Waals surface area contributed by atoms with Gasteiger partial charge in [0.2, 0.25) is 5.91 Å². The molecule has 0 unspecified atom stereocenters. The van der Waals surface area contributed by atoms with Gasteiger partial charge in [-0.2, -0.15) is 0 Å². The fraction of sp³-hybridized carbons (Fsp3) is 0.929. The van der Waals surface area contributed by atoms with Crippen LogP contribution in [0.25, 0.3) is 0 Å². The molecular weight excluding hydrogens is 212 g/mol. The summed E-state index contributed by atoms with van der Waals surface area (Å²) < 4.78 is 0. The molecule has 3 nitrogen and oxygen atoms in total. The SMILES string of the molecule is CCCCN(C)CCC(=O)N(CCC)CCC. The zero-order valence-corrected chi connectivity index (χ0v) is 12.2. The second-order valence-corrected chi connectivity index (χ2v) is 4.79. The van der Waals surface area contributed by atoms with E-state index in [1.165, 1.54) is 12.8 Å². The van der Waals surface area contributed by atoms with Crippen LogP contribution >= 0.6 is 0 Å². The van der Waals surface area contributed by atoms with Gasteiger partial charge in [0.05, 0.1) is 0 Å². The van der Waals surface area contributed by atoms with Crippen LogP contribution in [0.15, 0.2) is 0 Å². The van der Waals surface area contributed by atoms with Crippen molar-refractivity contribution in [3.63, 3.8) is 0 Å². The van der Waals surface area contributed by atoms with Crippen molar-refractivity contribution < 1.29 is 4.79 Å². The molecule has 0 aliphatic rings. The Balaban J connectivity index is 3.87.